The van der Waals surface area contributed by atoms with Crippen LogP contribution in [0.15, 0.2) is 29.3 Å². The average molecular weight is 264 g/mol. The smallest absolute Gasteiger partial charge is 0.243 e. The number of hydrogen-bond acceptors (Lipinski definition) is 4. The number of nitrogens with zero attached hydrogens (tertiary/aromatic N) is 2. The number of fused-ring (bicyclic) bond motifs is 1. The molecule has 19 heavy (non-hydrogen) atoms. The summed E-state index contributed by atoms with van der Waals surface area (Å²) in [6, 6.07) is 7.37. The maximum Gasteiger partial charge on any atom is 0.243 e. The minimum absolute atomic E-state index is 0.122. The summed E-state index contributed by atoms with van der Waals surface area (Å²) in [5, 5.41) is 14.8. The maximum atomic E-state index is 11.8. The summed E-state index contributed by atoms with van der Waals surface area (Å²) >= 11 is 0. The van der Waals surface area contributed by atoms with E-state index in [1.807, 2.05) is 25.2 Å². The third kappa shape index (κ3) is 3.65. The van der Waals surface area contributed by atoms with Crippen molar-refractivity contribution < 1.29 is 5.17 Å². The molecule has 0 aliphatic carbocycles. The fourth-order valence-corrected chi connectivity index (χ4v) is 1.87. The van der Waals surface area contributed by atoms with Crippen LogP contribution in [0.4, 0.5) is 11.4 Å². The van der Waals surface area contributed by atoms with Gasteiger partial charge in [-0.15, -0.1) is 0 Å². The Morgan fingerprint density at radius 2 is 2.16 bits per heavy atom. The second-order valence-electron chi connectivity index (χ2n) is 4.45. The van der Waals surface area contributed by atoms with Crippen LogP contribution in [-0.4, -0.2) is 44.1 Å². The van der Waals surface area contributed by atoms with Crippen molar-refractivity contribution in [2.75, 3.05) is 38.5 Å². The Morgan fingerprint density at radius 3 is 2.95 bits per heavy atom. The molecule has 1 aliphatic rings. The lowest BCUT2D eigenvalue weighted by molar-refractivity contribution is -0.816. The number of nitrogens with two attached hydrogens (primary N) is 1. The Hall–Kier alpha value is -1.67. The number of rotatable bonds is 5. The molecular formula is C12H20N6O. The third-order valence-corrected chi connectivity index (χ3v) is 2.92. The molecule has 104 valence electrons. The monoisotopic (exact) mass is 264 g/mol. The Labute approximate surface area is 112 Å². The van der Waals surface area contributed by atoms with Gasteiger partial charge in [-0.2, -0.15) is 5.43 Å². The molecule has 1 aromatic rings. The van der Waals surface area contributed by atoms with Crippen LogP contribution >= 0.6 is 0 Å². The molecule has 0 saturated carbocycles. The first-order chi connectivity index (χ1) is 9.20. The molecule has 2 rings (SSSR count). The molecule has 7 heteroatoms. The molecule has 1 atom stereocenters. The molecule has 5 N–H and O–H groups in total. The van der Waals surface area contributed by atoms with E-state index < -0.39 is 0 Å². The molecule has 7 nitrogen and oxygen atoms in total. The summed E-state index contributed by atoms with van der Waals surface area (Å²) in [6.45, 7) is 2.89. The zero-order chi connectivity index (χ0) is 13.7. The van der Waals surface area contributed by atoms with E-state index in [4.69, 9.17) is 5.73 Å². The van der Waals surface area contributed by atoms with Gasteiger partial charge in [-0.1, -0.05) is 12.1 Å². The molecule has 0 spiro atoms. The minimum atomic E-state index is -0.122. The van der Waals surface area contributed by atoms with Gasteiger partial charge in [-0.05, 0) is 13.1 Å². The summed E-state index contributed by atoms with van der Waals surface area (Å²) in [5.41, 5.74) is 9.64. The summed E-state index contributed by atoms with van der Waals surface area (Å²) in [4.78, 5) is 6.45. The quantitative estimate of drug-likeness (QED) is 0.505. The molecule has 0 fully saturated rings. The Kier molecular flexibility index (Phi) is 4.69. The number of quaternary nitrogens is 1. The summed E-state index contributed by atoms with van der Waals surface area (Å²) in [6.07, 6.45) is 0. The normalized spacial score (nSPS) is 20.0. The SMILES string of the molecule is CN(CCN)CCN=C1Nc2ccccc2[NH+]([O-])N1. The van der Waals surface area contributed by atoms with Gasteiger partial charge in [0.05, 0.1) is 6.54 Å². The van der Waals surface area contributed by atoms with Crippen LogP contribution in [0, 0.1) is 5.21 Å². The predicted octanol–water partition coefficient (Wildman–Crippen LogP) is -1.12. The van der Waals surface area contributed by atoms with Gasteiger partial charge in [0.1, 0.15) is 5.69 Å². The number of anilines is 1. The van der Waals surface area contributed by atoms with Crippen molar-refractivity contribution in [1.82, 2.24) is 10.3 Å². The van der Waals surface area contributed by atoms with Gasteiger partial charge >= 0.3 is 0 Å². The zero-order valence-electron chi connectivity index (χ0n) is 11.0. The van der Waals surface area contributed by atoms with Crippen LogP contribution in [0.25, 0.3) is 0 Å². The predicted molar refractivity (Wildman–Crippen MR) is 76.0 cm³/mol. The number of guanidine groups is 1. The summed E-state index contributed by atoms with van der Waals surface area (Å²) in [5.74, 6) is 0.504. The highest BCUT2D eigenvalue weighted by Crippen LogP contribution is 2.17. The minimum Gasteiger partial charge on any atom is -0.603 e. The standard InChI is InChI=1S/C12H20N6O/c1-17(8-6-13)9-7-14-12-15-10-4-2-3-5-11(10)18(19)16-12/h2-5,18H,6-9,13H2,1H3,(H2,14,15,16). The van der Waals surface area contributed by atoms with E-state index in [2.05, 4.69) is 20.6 Å². The van der Waals surface area contributed by atoms with E-state index in [1.54, 1.807) is 6.07 Å². The van der Waals surface area contributed by atoms with Gasteiger partial charge in [-0.25, -0.2) is 10.2 Å². The molecule has 1 unspecified atom stereocenters. The number of likely N-dealkylation sites (N-methyl/N-ethyl adjacent to an activating group) is 1. The lowest BCUT2D eigenvalue weighted by Gasteiger charge is -2.30. The van der Waals surface area contributed by atoms with Gasteiger partial charge in [0.2, 0.25) is 5.96 Å². The van der Waals surface area contributed by atoms with Crippen LogP contribution in [0.5, 0.6) is 0 Å². The molecular weight excluding hydrogens is 244 g/mol. The lowest BCUT2D eigenvalue weighted by Crippen LogP contribution is -3.11. The highest BCUT2D eigenvalue weighted by Gasteiger charge is 2.18. The largest absolute Gasteiger partial charge is 0.603 e. The topological polar surface area (TPSA) is 93.2 Å². The van der Waals surface area contributed by atoms with Gasteiger partial charge < -0.3 is 21.2 Å². The highest BCUT2D eigenvalue weighted by atomic mass is 16.5. The molecule has 0 aromatic heterocycles. The van der Waals surface area contributed by atoms with Crippen molar-refractivity contribution in [2.24, 2.45) is 10.7 Å². The van der Waals surface area contributed by atoms with Crippen LogP contribution in [0.1, 0.15) is 0 Å². The van der Waals surface area contributed by atoms with Crippen molar-refractivity contribution in [3.05, 3.63) is 29.5 Å². The molecule has 0 saturated heterocycles. The number of nitrogens with one attached hydrogen (secondary N) is 3. The van der Waals surface area contributed by atoms with E-state index in [1.165, 1.54) is 0 Å². The van der Waals surface area contributed by atoms with Gasteiger partial charge in [-0.3, -0.25) is 0 Å². The highest BCUT2D eigenvalue weighted by molar-refractivity contribution is 5.96. The van der Waals surface area contributed by atoms with Crippen molar-refractivity contribution in [3.63, 3.8) is 0 Å². The first-order valence-electron chi connectivity index (χ1n) is 6.31. The van der Waals surface area contributed by atoms with Crippen LogP contribution in [0.3, 0.4) is 0 Å². The van der Waals surface area contributed by atoms with E-state index in [9.17, 15) is 5.21 Å². The van der Waals surface area contributed by atoms with Crippen molar-refractivity contribution in [1.29, 1.82) is 0 Å². The Morgan fingerprint density at radius 1 is 1.37 bits per heavy atom. The Balaban J connectivity index is 1.93. The molecule has 0 radical (unpaired) electrons. The van der Waals surface area contributed by atoms with E-state index >= 15 is 0 Å². The number of benzene rings is 1. The molecule has 0 bridgehead atoms. The second kappa shape index (κ2) is 6.48. The first kappa shape index (κ1) is 13.8. The molecule has 1 heterocycles. The Bertz CT molecular complexity index is 450. The first-order valence-corrected chi connectivity index (χ1v) is 6.31. The fourth-order valence-electron chi connectivity index (χ4n) is 1.87. The van der Waals surface area contributed by atoms with Gasteiger partial charge in [0.15, 0.2) is 5.69 Å². The molecule has 1 aliphatic heterocycles. The summed E-state index contributed by atoms with van der Waals surface area (Å²) in [7, 11) is 2.00. The van der Waals surface area contributed by atoms with Crippen molar-refractivity contribution in [2.45, 2.75) is 0 Å². The van der Waals surface area contributed by atoms with Crippen LogP contribution in [0.2, 0.25) is 0 Å². The lowest BCUT2D eigenvalue weighted by atomic mass is 10.2. The number of aliphatic imine (C=N–C) groups is 1. The van der Waals surface area contributed by atoms with Crippen molar-refractivity contribution >= 4 is 17.3 Å². The number of hydrogen-bond donors (Lipinski definition) is 4. The number of para-hydroxylation sites is 2. The zero-order valence-corrected chi connectivity index (χ0v) is 11.0. The fraction of sp³-hybridized carbons (Fsp3) is 0.417. The summed E-state index contributed by atoms with van der Waals surface area (Å²) < 4.78 is 0. The van der Waals surface area contributed by atoms with Crippen LogP contribution in [-0.2, 0) is 0 Å². The van der Waals surface area contributed by atoms with E-state index in [-0.39, 0.29) is 5.17 Å². The van der Waals surface area contributed by atoms with Gasteiger partial charge in [0.25, 0.3) is 0 Å². The second-order valence-corrected chi connectivity index (χ2v) is 4.45. The average Bonchev–Trinajstić information content (AvgIpc) is 2.39. The molecule has 1 aromatic carbocycles. The molecule has 0 amide bonds. The maximum absolute atomic E-state index is 11.8. The van der Waals surface area contributed by atoms with E-state index in [0.717, 1.165) is 18.8 Å². The van der Waals surface area contributed by atoms with Crippen molar-refractivity contribution in [3.8, 4) is 0 Å². The van der Waals surface area contributed by atoms with Crippen LogP contribution < -0.4 is 21.6 Å². The van der Waals surface area contributed by atoms with E-state index in [0.29, 0.717) is 24.7 Å². The van der Waals surface area contributed by atoms with Gasteiger partial charge in [0, 0.05) is 25.7 Å². The third-order valence-electron chi connectivity index (χ3n) is 2.92.